The predicted molar refractivity (Wildman–Crippen MR) is 109 cm³/mol. The molecule has 0 fully saturated rings. The van der Waals surface area contributed by atoms with E-state index in [2.05, 4.69) is 9.71 Å². The number of ether oxygens (including phenoxy) is 1. The smallest absolute Gasteiger partial charge is 0.344 e. The highest BCUT2D eigenvalue weighted by atomic mass is 32.2. The van der Waals surface area contributed by atoms with Gasteiger partial charge in [-0.25, -0.2) is 0 Å². The fraction of sp³-hybridized carbons (Fsp3) is 0.200. The molecule has 1 aliphatic heterocycles. The summed E-state index contributed by atoms with van der Waals surface area (Å²) >= 11 is 0. The summed E-state index contributed by atoms with van der Waals surface area (Å²) < 4.78 is 34.8. The SMILES string of the molecule is COc1ccccc1NC(=O)C1=CN(CCc2ccccc2)S(=O)(=O)N=C1C. The minimum atomic E-state index is -3.85. The number of nitrogens with zero attached hydrogens (tertiary/aromatic N) is 2. The highest BCUT2D eigenvalue weighted by Crippen LogP contribution is 2.25. The maximum absolute atomic E-state index is 12.7. The van der Waals surface area contributed by atoms with Crippen LogP contribution >= 0.6 is 0 Å². The lowest BCUT2D eigenvalue weighted by Crippen LogP contribution is -2.34. The molecular formula is C20H21N3O4S. The summed E-state index contributed by atoms with van der Waals surface area (Å²) in [5, 5.41) is 2.75. The van der Waals surface area contributed by atoms with Crippen molar-refractivity contribution in [3.05, 3.63) is 71.9 Å². The number of hydrogen-bond donors (Lipinski definition) is 1. The van der Waals surface area contributed by atoms with Gasteiger partial charge in [0.05, 0.1) is 24.1 Å². The molecule has 8 heteroatoms. The Labute approximate surface area is 164 Å². The molecule has 0 radical (unpaired) electrons. The van der Waals surface area contributed by atoms with Crippen LogP contribution in [0.5, 0.6) is 5.75 Å². The third kappa shape index (κ3) is 4.40. The van der Waals surface area contributed by atoms with Crippen molar-refractivity contribution in [2.75, 3.05) is 19.0 Å². The lowest BCUT2D eigenvalue weighted by molar-refractivity contribution is -0.112. The van der Waals surface area contributed by atoms with Gasteiger partial charge in [0.1, 0.15) is 5.75 Å². The summed E-state index contributed by atoms with van der Waals surface area (Å²) in [6.07, 6.45) is 1.85. The second-order valence-corrected chi connectivity index (χ2v) is 7.75. The molecule has 1 N–H and O–H groups in total. The molecule has 7 nitrogen and oxygen atoms in total. The first-order valence-corrected chi connectivity index (χ1v) is 10.1. The number of methoxy groups -OCH3 is 1. The van der Waals surface area contributed by atoms with Crippen LogP contribution in [0, 0.1) is 0 Å². The van der Waals surface area contributed by atoms with Crippen LogP contribution in [0.15, 0.2) is 70.8 Å². The monoisotopic (exact) mass is 399 g/mol. The Hall–Kier alpha value is -3.13. The van der Waals surface area contributed by atoms with Crippen molar-refractivity contribution in [3.8, 4) is 5.75 Å². The summed E-state index contributed by atoms with van der Waals surface area (Å²) in [5.41, 5.74) is 1.82. The molecule has 2 aromatic carbocycles. The Morgan fingerprint density at radius 1 is 1.11 bits per heavy atom. The van der Waals surface area contributed by atoms with Crippen LogP contribution < -0.4 is 10.1 Å². The molecule has 0 unspecified atom stereocenters. The van der Waals surface area contributed by atoms with E-state index in [-0.39, 0.29) is 17.8 Å². The number of carbonyl (C=O) groups excluding carboxylic acids is 1. The van der Waals surface area contributed by atoms with Crippen molar-refractivity contribution in [2.24, 2.45) is 4.40 Å². The summed E-state index contributed by atoms with van der Waals surface area (Å²) in [4.78, 5) is 12.7. The van der Waals surface area contributed by atoms with Gasteiger partial charge in [0.2, 0.25) is 0 Å². The molecule has 28 heavy (non-hydrogen) atoms. The van der Waals surface area contributed by atoms with Gasteiger partial charge in [-0.05, 0) is 31.0 Å². The number of rotatable bonds is 6. The fourth-order valence-corrected chi connectivity index (χ4v) is 3.91. The highest BCUT2D eigenvalue weighted by molar-refractivity contribution is 7.88. The van der Waals surface area contributed by atoms with Crippen LogP contribution in [0.25, 0.3) is 0 Å². The Morgan fingerprint density at radius 2 is 1.79 bits per heavy atom. The van der Waals surface area contributed by atoms with Crippen LogP contribution in [0.2, 0.25) is 0 Å². The van der Waals surface area contributed by atoms with E-state index in [9.17, 15) is 13.2 Å². The van der Waals surface area contributed by atoms with Gasteiger partial charge in [0, 0.05) is 12.7 Å². The molecule has 146 valence electrons. The summed E-state index contributed by atoms with van der Waals surface area (Å²) in [5.74, 6) is 0.0563. The predicted octanol–water partition coefficient (Wildman–Crippen LogP) is 2.78. The molecule has 0 saturated carbocycles. The van der Waals surface area contributed by atoms with Gasteiger partial charge in [-0.2, -0.15) is 8.42 Å². The Balaban J connectivity index is 1.81. The number of benzene rings is 2. The van der Waals surface area contributed by atoms with E-state index in [1.807, 2.05) is 30.3 Å². The molecule has 1 heterocycles. The molecule has 0 aromatic heterocycles. The van der Waals surface area contributed by atoms with E-state index in [0.717, 1.165) is 9.87 Å². The molecule has 0 bridgehead atoms. The van der Waals surface area contributed by atoms with Crippen molar-refractivity contribution in [1.82, 2.24) is 4.31 Å². The Bertz CT molecular complexity index is 1030. The van der Waals surface area contributed by atoms with Crippen molar-refractivity contribution in [3.63, 3.8) is 0 Å². The summed E-state index contributed by atoms with van der Waals surface area (Å²) in [6, 6.07) is 16.5. The standard InChI is InChI=1S/C20H21N3O4S/c1-15-17(20(24)21-18-10-6-7-11-19(18)27-2)14-23(28(25,26)22-15)13-12-16-8-4-3-5-9-16/h3-11,14H,12-13H2,1-2H3,(H,21,24). The van der Waals surface area contributed by atoms with Crippen LogP contribution in [0.1, 0.15) is 12.5 Å². The lowest BCUT2D eigenvalue weighted by Gasteiger charge is -2.23. The van der Waals surface area contributed by atoms with Gasteiger partial charge in [0.15, 0.2) is 0 Å². The Morgan fingerprint density at radius 3 is 2.50 bits per heavy atom. The normalized spacial score (nSPS) is 15.4. The second-order valence-electron chi connectivity index (χ2n) is 6.20. The third-order valence-electron chi connectivity index (χ3n) is 4.28. The van der Waals surface area contributed by atoms with Gasteiger partial charge < -0.3 is 10.1 Å². The largest absolute Gasteiger partial charge is 0.495 e. The van der Waals surface area contributed by atoms with E-state index in [1.165, 1.54) is 20.2 Å². The molecule has 3 rings (SSSR count). The van der Waals surface area contributed by atoms with Crippen LogP contribution in [-0.4, -0.2) is 38.0 Å². The van der Waals surface area contributed by atoms with E-state index in [1.54, 1.807) is 24.3 Å². The van der Waals surface area contributed by atoms with Crippen LogP contribution in [-0.2, 0) is 21.4 Å². The molecule has 0 spiro atoms. The molecule has 2 aromatic rings. The van der Waals surface area contributed by atoms with E-state index >= 15 is 0 Å². The first-order chi connectivity index (χ1) is 13.4. The topological polar surface area (TPSA) is 88.1 Å². The first-order valence-electron chi connectivity index (χ1n) is 8.69. The van der Waals surface area contributed by atoms with E-state index < -0.39 is 16.1 Å². The quantitative estimate of drug-likeness (QED) is 0.809. The van der Waals surface area contributed by atoms with Crippen molar-refractivity contribution in [1.29, 1.82) is 0 Å². The number of hydrogen-bond acceptors (Lipinski definition) is 4. The van der Waals surface area contributed by atoms with Crippen LogP contribution in [0.3, 0.4) is 0 Å². The van der Waals surface area contributed by atoms with Gasteiger partial charge in [-0.1, -0.05) is 42.5 Å². The minimum absolute atomic E-state index is 0.142. The van der Waals surface area contributed by atoms with Crippen molar-refractivity contribution < 1.29 is 17.9 Å². The van der Waals surface area contributed by atoms with Gasteiger partial charge >= 0.3 is 10.2 Å². The van der Waals surface area contributed by atoms with Crippen LogP contribution in [0.4, 0.5) is 5.69 Å². The maximum Gasteiger partial charge on any atom is 0.344 e. The molecule has 0 saturated heterocycles. The van der Waals surface area contributed by atoms with Gasteiger partial charge in [-0.3, -0.25) is 9.10 Å². The number of anilines is 1. The molecule has 1 aliphatic rings. The van der Waals surface area contributed by atoms with Gasteiger partial charge in [0.25, 0.3) is 5.91 Å². The molecule has 0 atom stereocenters. The molecule has 1 amide bonds. The molecular weight excluding hydrogens is 378 g/mol. The summed E-state index contributed by atoms with van der Waals surface area (Å²) in [7, 11) is -2.35. The summed E-state index contributed by atoms with van der Waals surface area (Å²) in [6.45, 7) is 1.69. The first kappa shape index (κ1) is 19.6. The van der Waals surface area contributed by atoms with Crippen molar-refractivity contribution in [2.45, 2.75) is 13.3 Å². The number of amides is 1. The zero-order valence-corrected chi connectivity index (χ0v) is 16.4. The fourth-order valence-electron chi connectivity index (χ4n) is 2.80. The zero-order valence-electron chi connectivity index (χ0n) is 15.6. The average Bonchev–Trinajstić information content (AvgIpc) is 2.68. The third-order valence-corrected chi connectivity index (χ3v) is 5.66. The van der Waals surface area contributed by atoms with E-state index in [4.69, 9.17) is 4.74 Å². The minimum Gasteiger partial charge on any atom is -0.495 e. The highest BCUT2D eigenvalue weighted by Gasteiger charge is 2.28. The van der Waals surface area contributed by atoms with E-state index in [0.29, 0.717) is 17.9 Å². The van der Waals surface area contributed by atoms with Gasteiger partial charge in [-0.15, -0.1) is 4.40 Å². The second kappa shape index (κ2) is 8.26. The average molecular weight is 399 g/mol. The number of nitrogens with one attached hydrogen (secondary N) is 1. The maximum atomic E-state index is 12.7. The van der Waals surface area contributed by atoms with Crippen molar-refractivity contribution >= 4 is 27.5 Å². The number of carbonyl (C=O) groups is 1. The lowest BCUT2D eigenvalue weighted by atomic mass is 10.1. The molecule has 0 aliphatic carbocycles. The Kier molecular flexibility index (Phi) is 5.79. The zero-order chi connectivity index (χ0) is 20.1. The number of para-hydroxylation sites is 2.